The number of halogens is 2. The van der Waals surface area contributed by atoms with Gasteiger partial charge in [0, 0.05) is 6.07 Å². The van der Waals surface area contributed by atoms with Gasteiger partial charge in [-0.25, -0.2) is 9.97 Å². The highest BCUT2D eigenvalue weighted by Crippen LogP contribution is 2.35. The van der Waals surface area contributed by atoms with Crippen LogP contribution in [0.15, 0.2) is 30.6 Å². The number of hydrogen-bond donors (Lipinski definition) is 0. The van der Waals surface area contributed by atoms with Gasteiger partial charge in [-0.05, 0) is 6.07 Å². The Labute approximate surface area is 111 Å². The number of hydrogen-bond acceptors (Lipinski definition) is 5. The molecule has 0 N–H and O–H groups in total. The van der Waals surface area contributed by atoms with Crippen molar-refractivity contribution in [3.8, 4) is 11.6 Å². The summed E-state index contributed by atoms with van der Waals surface area (Å²) in [7, 11) is 0. The lowest BCUT2D eigenvalue weighted by molar-refractivity contribution is -0.384. The van der Waals surface area contributed by atoms with Gasteiger partial charge in [0.25, 0.3) is 5.69 Å². The number of nitrogens with zero attached hydrogens (tertiary/aromatic N) is 3. The third kappa shape index (κ3) is 2.66. The van der Waals surface area contributed by atoms with Crippen molar-refractivity contribution in [2.75, 3.05) is 0 Å². The molecule has 8 heteroatoms. The zero-order chi connectivity index (χ0) is 13.1. The van der Waals surface area contributed by atoms with Gasteiger partial charge in [-0.3, -0.25) is 10.1 Å². The topological polar surface area (TPSA) is 78.2 Å². The van der Waals surface area contributed by atoms with Crippen LogP contribution in [-0.2, 0) is 0 Å². The lowest BCUT2D eigenvalue weighted by Crippen LogP contribution is -1.93. The molecule has 0 aliphatic carbocycles. The van der Waals surface area contributed by atoms with E-state index in [4.69, 9.17) is 27.9 Å². The Morgan fingerprint density at radius 3 is 2.61 bits per heavy atom. The van der Waals surface area contributed by atoms with Crippen molar-refractivity contribution in [1.82, 2.24) is 9.97 Å². The van der Waals surface area contributed by atoms with E-state index in [1.807, 2.05) is 0 Å². The van der Waals surface area contributed by atoms with Crippen molar-refractivity contribution in [2.45, 2.75) is 0 Å². The Kier molecular flexibility index (Phi) is 3.59. The minimum Gasteiger partial charge on any atom is -0.436 e. The average Bonchev–Trinajstić information content (AvgIpc) is 2.34. The van der Waals surface area contributed by atoms with E-state index >= 15 is 0 Å². The zero-order valence-corrected chi connectivity index (χ0v) is 10.2. The summed E-state index contributed by atoms with van der Waals surface area (Å²) in [5.41, 5.74) is -0.240. The van der Waals surface area contributed by atoms with Gasteiger partial charge in [-0.15, -0.1) is 0 Å². The Morgan fingerprint density at radius 2 is 2.00 bits per heavy atom. The van der Waals surface area contributed by atoms with E-state index in [0.717, 1.165) is 0 Å². The first-order valence-electron chi connectivity index (χ1n) is 4.66. The molecule has 18 heavy (non-hydrogen) atoms. The number of aromatic nitrogens is 2. The van der Waals surface area contributed by atoms with Crippen LogP contribution in [-0.4, -0.2) is 14.9 Å². The van der Waals surface area contributed by atoms with Gasteiger partial charge in [0.15, 0.2) is 10.8 Å². The molecule has 0 spiro atoms. The summed E-state index contributed by atoms with van der Waals surface area (Å²) in [6, 6.07) is 4.23. The molecule has 0 amide bonds. The van der Waals surface area contributed by atoms with Crippen LogP contribution in [0.4, 0.5) is 5.69 Å². The molecular formula is C10H5Cl2N3O3. The Morgan fingerprint density at radius 1 is 1.22 bits per heavy atom. The maximum atomic E-state index is 10.7. The van der Waals surface area contributed by atoms with E-state index in [-0.39, 0.29) is 27.5 Å². The molecule has 1 aromatic carbocycles. The molecule has 2 rings (SSSR count). The lowest BCUT2D eigenvalue weighted by atomic mass is 10.3. The van der Waals surface area contributed by atoms with Crippen molar-refractivity contribution in [2.24, 2.45) is 0 Å². The van der Waals surface area contributed by atoms with Crippen molar-refractivity contribution in [3.63, 3.8) is 0 Å². The second-order valence-electron chi connectivity index (χ2n) is 3.13. The smallest absolute Gasteiger partial charge is 0.291 e. The van der Waals surface area contributed by atoms with E-state index in [1.54, 1.807) is 0 Å². The molecule has 6 nitrogen and oxygen atoms in total. The molecular weight excluding hydrogens is 281 g/mol. The van der Waals surface area contributed by atoms with Crippen LogP contribution < -0.4 is 4.74 Å². The van der Waals surface area contributed by atoms with Crippen LogP contribution in [0.3, 0.4) is 0 Å². The van der Waals surface area contributed by atoms with E-state index in [0.29, 0.717) is 0 Å². The molecule has 0 aliphatic rings. The van der Waals surface area contributed by atoms with E-state index in [1.165, 1.54) is 30.6 Å². The average molecular weight is 286 g/mol. The largest absolute Gasteiger partial charge is 0.436 e. The van der Waals surface area contributed by atoms with Gasteiger partial charge in [0.1, 0.15) is 5.15 Å². The monoisotopic (exact) mass is 285 g/mol. The highest BCUT2D eigenvalue weighted by Gasteiger charge is 2.17. The quantitative estimate of drug-likeness (QED) is 0.637. The Hall–Kier alpha value is -1.92. The van der Waals surface area contributed by atoms with Crippen molar-refractivity contribution >= 4 is 28.9 Å². The fourth-order valence-corrected chi connectivity index (χ4v) is 1.52. The highest BCUT2D eigenvalue weighted by molar-refractivity contribution is 6.34. The summed E-state index contributed by atoms with van der Waals surface area (Å²) in [5.74, 6) is 0.268. The third-order valence-electron chi connectivity index (χ3n) is 1.95. The van der Waals surface area contributed by atoms with Crippen LogP contribution in [0.5, 0.6) is 11.6 Å². The molecule has 1 heterocycles. The summed E-state index contributed by atoms with van der Waals surface area (Å²) in [6.07, 6.45) is 2.58. The molecule has 0 saturated carbocycles. The molecule has 0 fully saturated rings. The van der Waals surface area contributed by atoms with Crippen LogP contribution in [0.2, 0.25) is 10.2 Å². The van der Waals surface area contributed by atoms with Gasteiger partial charge in [-0.2, -0.15) is 0 Å². The first-order valence-corrected chi connectivity index (χ1v) is 5.42. The summed E-state index contributed by atoms with van der Waals surface area (Å²) in [6.45, 7) is 0. The van der Waals surface area contributed by atoms with Gasteiger partial charge in [-0.1, -0.05) is 29.3 Å². The van der Waals surface area contributed by atoms with Crippen molar-refractivity contribution in [1.29, 1.82) is 0 Å². The molecule has 0 unspecified atom stereocenters. The standard InChI is InChI=1S/C10H5Cl2N3O3/c11-8-4-14-9(5-13-8)18-7-3-1-2-6(10(7)12)15(16)17/h1-5H. The summed E-state index contributed by atoms with van der Waals surface area (Å²) >= 11 is 11.4. The molecule has 0 saturated heterocycles. The predicted octanol–water partition coefficient (Wildman–Crippen LogP) is 3.48. The molecule has 0 atom stereocenters. The second kappa shape index (κ2) is 5.16. The van der Waals surface area contributed by atoms with Gasteiger partial charge in [0.05, 0.1) is 17.3 Å². The normalized spacial score (nSPS) is 10.1. The van der Waals surface area contributed by atoms with Crippen LogP contribution in [0, 0.1) is 10.1 Å². The van der Waals surface area contributed by atoms with Crippen LogP contribution in [0.1, 0.15) is 0 Å². The number of nitro benzene ring substituents is 1. The molecule has 92 valence electrons. The highest BCUT2D eigenvalue weighted by atomic mass is 35.5. The number of ether oxygens (including phenoxy) is 1. The first kappa shape index (κ1) is 12.5. The SMILES string of the molecule is O=[N+]([O-])c1cccc(Oc2cnc(Cl)cn2)c1Cl. The molecule has 0 aliphatic heterocycles. The van der Waals surface area contributed by atoms with Gasteiger partial charge >= 0.3 is 0 Å². The summed E-state index contributed by atoms with van der Waals surface area (Å²) in [5, 5.41) is 10.8. The Bertz CT molecular complexity index is 589. The van der Waals surface area contributed by atoms with Crippen LogP contribution in [0.25, 0.3) is 0 Å². The molecule has 0 bridgehead atoms. The van der Waals surface area contributed by atoms with Crippen molar-refractivity contribution in [3.05, 3.63) is 50.9 Å². The maximum Gasteiger partial charge on any atom is 0.291 e. The number of benzene rings is 1. The van der Waals surface area contributed by atoms with Crippen molar-refractivity contribution < 1.29 is 9.66 Å². The van der Waals surface area contributed by atoms with E-state index in [2.05, 4.69) is 9.97 Å². The fourth-order valence-electron chi connectivity index (χ4n) is 1.18. The number of rotatable bonds is 3. The van der Waals surface area contributed by atoms with Gasteiger partial charge < -0.3 is 4.74 Å². The minimum absolute atomic E-state index is 0.0979. The third-order valence-corrected chi connectivity index (χ3v) is 2.53. The predicted molar refractivity (Wildman–Crippen MR) is 65.2 cm³/mol. The fraction of sp³-hybridized carbons (Fsp3) is 0. The summed E-state index contributed by atoms with van der Waals surface area (Å²) in [4.78, 5) is 17.7. The molecule has 0 radical (unpaired) electrons. The maximum absolute atomic E-state index is 10.7. The van der Waals surface area contributed by atoms with Gasteiger partial charge in [0.2, 0.25) is 5.88 Å². The number of nitro groups is 1. The van der Waals surface area contributed by atoms with Crippen LogP contribution >= 0.6 is 23.2 Å². The second-order valence-corrected chi connectivity index (χ2v) is 3.89. The summed E-state index contributed by atoms with van der Waals surface area (Å²) < 4.78 is 5.29. The Balaban J connectivity index is 2.32. The minimum atomic E-state index is -0.595. The zero-order valence-electron chi connectivity index (χ0n) is 8.71. The van der Waals surface area contributed by atoms with E-state index in [9.17, 15) is 10.1 Å². The molecule has 2 aromatic rings. The first-order chi connectivity index (χ1) is 8.58. The van der Waals surface area contributed by atoms with E-state index < -0.39 is 4.92 Å². The lowest BCUT2D eigenvalue weighted by Gasteiger charge is -2.05. The molecule has 1 aromatic heterocycles.